The number of nitrogens with one attached hydrogen (secondary N) is 1. The van der Waals surface area contributed by atoms with Gasteiger partial charge < -0.3 is 19.6 Å². The van der Waals surface area contributed by atoms with Crippen LogP contribution in [0.3, 0.4) is 0 Å². The molecule has 0 bridgehead atoms. The summed E-state index contributed by atoms with van der Waals surface area (Å²) in [5.74, 6) is 0.400. The number of rotatable bonds is 8. The predicted molar refractivity (Wildman–Crippen MR) is 80.8 cm³/mol. The highest BCUT2D eigenvalue weighted by molar-refractivity contribution is 7.10. The molecule has 2 aromatic heterocycles. The molecule has 0 radical (unpaired) electrons. The van der Waals surface area contributed by atoms with Crippen LogP contribution in [-0.4, -0.2) is 30.8 Å². The van der Waals surface area contributed by atoms with E-state index < -0.39 is 0 Å². The number of amides is 1. The van der Waals surface area contributed by atoms with Crippen molar-refractivity contribution in [3.63, 3.8) is 0 Å². The van der Waals surface area contributed by atoms with Crippen LogP contribution in [-0.2, 0) is 9.53 Å². The van der Waals surface area contributed by atoms with E-state index in [1.165, 1.54) is 6.08 Å². The Balaban J connectivity index is 1.84. The average molecular weight is 307 g/mol. The van der Waals surface area contributed by atoms with Gasteiger partial charge in [-0.05, 0) is 29.7 Å². The highest BCUT2D eigenvalue weighted by Crippen LogP contribution is 2.21. The van der Waals surface area contributed by atoms with E-state index >= 15 is 0 Å². The van der Waals surface area contributed by atoms with Gasteiger partial charge in [0.05, 0.1) is 19.5 Å². The standard InChI is InChI=1S/C15H17NO4S/c17-7-9-20-13(14-4-2-10-21-14)11-16-15(18)6-5-12-3-1-8-19-12/h1-6,8,10,13,17H,7,9,11H2,(H,16,18)/b6-5+. The molecule has 0 saturated heterocycles. The summed E-state index contributed by atoms with van der Waals surface area (Å²) in [4.78, 5) is 12.8. The first kappa shape index (κ1) is 15.5. The summed E-state index contributed by atoms with van der Waals surface area (Å²) in [6.07, 6.45) is 4.31. The fourth-order valence-electron chi connectivity index (χ4n) is 1.71. The van der Waals surface area contributed by atoms with E-state index in [2.05, 4.69) is 5.32 Å². The van der Waals surface area contributed by atoms with Crippen LogP contribution >= 0.6 is 11.3 Å². The second-order valence-corrected chi connectivity index (χ2v) is 5.17. The second kappa shape index (κ2) is 8.41. The normalized spacial score (nSPS) is 12.6. The molecular formula is C15H17NO4S. The molecular weight excluding hydrogens is 290 g/mol. The summed E-state index contributed by atoms with van der Waals surface area (Å²) < 4.78 is 10.6. The van der Waals surface area contributed by atoms with Crippen molar-refractivity contribution in [2.75, 3.05) is 19.8 Å². The van der Waals surface area contributed by atoms with Gasteiger partial charge >= 0.3 is 0 Å². The summed E-state index contributed by atoms with van der Waals surface area (Å²) >= 11 is 1.55. The Morgan fingerprint density at radius 1 is 1.48 bits per heavy atom. The molecule has 0 aromatic carbocycles. The molecule has 0 fully saturated rings. The lowest BCUT2D eigenvalue weighted by molar-refractivity contribution is -0.117. The highest BCUT2D eigenvalue weighted by atomic mass is 32.1. The van der Waals surface area contributed by atoms with Crippen molar-refractivity contribution in [1.29, 1.82) is 0 Å². The van der Waals surface area contributed by atoms with E-state index in [0.717, 1.165) is 4.88 Å². The molecule has 1 unspecified atom stereocenters. The molecule has 0 spiro atoms. The zero-order chi connectivity index (χ0) is 14.9. The molecule has 21 heavy (non-hydrogen) atoms. The summed E-state index contributed by atoms with van der Waals surface area (Å²) in [6.45, 7) is 0.538. The van der Waals surface area contributed by atoms with Gasteiger partial charge in [-0.3, -0.25) is 4.79 Å². The molecule has 0 saturated carbocycles. The molecule has 2 aromatic rings. The van der Waals surface area contributed by atoms with Gasteiger partial charge in [-0.25, -0.2) is 0 Å². The van der Waals surface area contributed by atoms with Crippen LogP contribution in [0.25, 0.3) is 6.08 Å². The minimum atomic E-state index is -0.252. The molecule has 2 rings (SSSR count). The number of thiophene rings is 1. The molecule has 0 aliphatic rings. The van der Waals surface area contributed by atoms with Gasteiger partial charge in [0.2, 0.25) is 5.91 Å². The topological polar surface area (TPSA) is 71.7 Å². The minimum Gasteiger partial charge on any atom is -0.465 e. The van der Waals surface area contributed by atoms with E-state index in [1.807, 2.05) is 17.5 Å². The Morgan fingerprint density at radius 3 is 3.05 bits per heavy atom. The summed E-state index contributed by atoms with van der Waals surface area (Å²) in [6, 6.07) is 7.39. The maximum atomic E-state index is 11.7. The van der Waals surface area contributed by atoms with Gasteiger partial charge in [-0.15, -0.1) is 11.3 Å². The first-order chi connectivity index (χ1) is 10.3. The number of aliphatic hydroxyl groups excluding tert-OH is 1. The van der Waals surface area contributed by atoms with Crippen molar-refractivity contribution >= 4 is 23.3 Å². The van der Waals surface area contributed by atoms with Crippen LogP contribution in [0.5, 0.6) is 0 Å². The lowest BCUT2D eigenvalue weighted by Crippen LogP contribution is -2.28. The number of hydrogen-bond donors (Lipinski definition) is 2. The minimum absolute atomic E-state index is 0.0474. The Labute approximate surface area is 126 Å². The molecule has 0 aliphatic carbocycles. The Morgan fingerprint density at radius 2 is 2.38 bits per heavy atom. The van der Waals surface area contributed by atoms with Crippen LogP contribution in [0.4, 0.5) is 0 Å². The Bertz CT molecular complexity index is 548. The van der Waals surface area contributed by atoms with Crippen LogP contribution in [0.1, 0.15) is 16.7 Å². The fourth-order valence-corrected chi connectivity index (χ4v) is 2.48. The Hall–Kier alpha value is -1.89. The van der Waals surface area contributed by atoms with Crippen molar-refractivity contribution < 1.29 is 19.1 Å². The van der Waals surface area contributed by atoms with Gasteiger partial charge in [0.25, 0.3) is 0 Å². The number of carbonyl (C=O) groups is 1. The van der Waals surface area contributed by atoms with E-state index in [1.54, 1.807) is 35.8 Å². The lowest BCUT2D eigenvalue weighted by atomic mass is 10.3. The van der Waals surface area contributed by atoms with Crippen LogP contribution < -0.4 is 5.32 Å². The van der Waals surface area contributed by atoms with Crippen molar-refractivity contribution in [1.82, 2.24) is 5.32 Å². The quantitative estimate of drug-likeness (QED) is 0.734. The predicted octanol–water partition coefficient (Wildman–Crippen LogP) is 2.22. The van der Waals surface area contributed by atoms with Gasteiger partial charge in [0.15, 0.2) is 0 Å². The SMILES string of the molecule is O=C(/C=C/c1ccco1)NCC(OCCO)c1cccs1. The van der Waals surface area contributed by atoms with Crippen LogP contribution in [0.15, 0.2) is 46.4 Å². The molecule has 1 atom stereocenters. The van der Waals surface area contributed by atoms with Gasteiger partial charge in [0.1, 0.15) is 11.9 Å². The molecule has 6 heteroatoms. The molecule has 2 heterocycles. The second-order valence-electron chi connectivity index (χ2n) is 4.19. The maximum Gasteiger partial charge on any atom is 0.244 e. The van der Waals surface area contributed by atoms with Crippen molar-refractivity contribution in [3.05, 3.63) is 52.6 Å². The van der Waals surface area contributed by atoms with Gasteiger partial charge in [0, 0.05) is 17.5 Å². The lowest BCUT2D eigenvalue weighted by Gasteiger charge is -2.16. The largest absolute Gasteiger partial charge is 0.465 e. The first-order valence-electron chi connectivity index (χ1n) is 6.55. The number of furan rings is 1. The summed E-state index contributed by atoms with van der Waals surface area (Å²) in [5.41, 5.74) is 0. The molecule has 0 aliphatic heterocycles. The third-order valence-electron chi connectivity index (χ3n) is 2.67. The maximum absolute atomic E-state index is 11.7. The van der Waals surface area contributed by atoms with E-state index in [9.17, 15) is 4.79 Å². The fraction of sp³-hybridized carbons (Fsp3) is 0.267. The van der Waals surface area contributed by atoms with Gasteiger partial charge in [-0.2, -0.15) is 0 Å². The third kappa shape index (κ3) is 5.18. The van der Waals surface area contributed by atoms with Crippen molar-refractivity contribution in [3.8, 4) is 0 Å². The van der Waals surface area contributed by atoms with E-state index in [-0.39, 0.29) is 25.2 Å². The van der Waals surface area contributed by atoms with Gasteiger partial charge in [-0.1, -0.05) is 6.07 Å². The van der Waals surface area contributed by atoms with Crippen LogP contribution in [0, 0.1) is 0 Å². The average Bonchev–Trinajstić information content (AvgIpc) is 3.18. The zero-order valence-corrected chi connectivity index (χ0v) is 12.2. The molecule has 1 amide bonds. The monoisotopic (exact) mass is 307 g/mol. The smallest absolute Gasteiger partial charge is 0.244 e. The molecule has 5 nitrogen and oxygen atoms in total. The number of aliphatic hydroxyl groups is 1. The summed E-state index contributed by atoms with van der Waals surface area (Å²) in [5, 5.41) is 13.6. The van der Waals surface area contributed by atoms with E-state index in [4.69, 9.17) is 14.3 Å². The molecule has 2 N–H and O–H groups in total. The Kier molecular flexibility index (Phi) is 6.21. The van der Waals surface area contributed by atoms with Crippen molar-refractivity contribution in [2.45, 2.75) is 6.10 Å². The van der Waals surface area contributed by atoms with Crippen LogP contribution in [0.2, 0.25) is 0 Å². The number of ether oxygens (including phenoxy) is 1. The molecule has 112 valence electrons. The zero-order valence-electron chi connectivity index (χ0n) is 11.4. The highest BCUT2D eigenvalue weighted by Gasteiger charge is 2.13. The van der Waals surface area contributed by atoms with E-state index in [0.29, 0.717) is 12.3 Å². The third-order valence-corrected chi connectivity index (χ3v) is 3.64. The number of carbonyl (C=O) groups excluding carboxylic acids is 1. The number of hydrogen-bond acceptors (Lipinski definition) is 5. The first-order valence-corrected chi connectivity index (χ1v) is 7.43. The van der Waals surface area contributed by atoms with Crippen molar-refractivity contribution in [2.24, 2.45) is 0 Å². The summed E-state index contributed by atoms with van der Waals surface area (Å²) in [7, 11) is 0.